The van der Waals surface area contributed by atoms with Crippen LogP contribution in [0.25, 0.3) is 133 Å². The maximum absolute atomic E-state index is 3.48. The number of hydrogen-bond acceptors (Lipinski definition) is 0. The third kappa shape index (κ3) is 11.6. The molecule has 13 aromatic carbocycles. The predicted octanol–water partition coefficient (Wildman–Crippen LogP) is 26.2. The fourth-order valence-electron chi connectivity index (χ4n) is 13.4. The molecule has 89 heavy (non-hydrogen) atoms. The molecule has 0 nitrogen and oxygen atoms in total. The van der Waals surface area contributed by atoms with Gasteiger partial charge >= 0.3 is 0 Å². The van der Waals surface area contributed by atoms with Gasteiger partial charge in [-0.25, -0.2) is 0 Å². The number of allylic oxidation sites excluding steroid dienone is 4. The van der Waals surface area contributed by atoms with Gasteiger partial charge in [0.15, 0.2) is 0 Å². The van der Waals surface area contributed by atoms with Crippen LogP contribution in [-0.2, 0) is 6.42 Å². The SMILES string of the molecule is C=CCC.CCC.CCCC.Cc1ccccc1-c1cc(-c2ccc3ccc4c(-c5ccc(-c6ccc(-c7ccc(-c8ccc9c%10c%11c(ccc8%10)C=CC(c8ccc(C)c(-c%10ccccc%10C)c8)C%11=CC9)cc7)cc6)cc5)ccc5ccc2c3c54)ccc1C. The topological polar surface area (TPSA) is 0 Å². The van der Waals surface area contributed by atoms with Gasteiger partial charge in [0.1, 0.15) is 0 Å². The third-order valence-electron chi connectivity index (χ3n) is 18.4. The molecule has 438 valence electrons. The third-order valence-corrected chi connectivity index (χ3v) is 18.4. The van der Waals surface area contributed by atoms with Crippen LogP contribution in [0.4, 0.5) is 0 Å². The first-order valence-corrected chi connectivity index (χ1v) is 32.5. The van der Waals surface area contributed by atoms with Crippen molar-refractivity contribution >= 4 is 54.7 Å². The Kier molecular flexibility index (Phi) is 17.7. The Morgan fingerprint density at radius 1 is 0.382 bits per heavy atom. The van der Waals surface area contributed by atoms with Crippen molar-refractivity contribution in [1.82, 2.24) is 0 Å². The minimum absolute atomic E-state index is 0.207. The number of hydrogen-bond donors (Lipinski definition) is 0. The summed E-state index contributed by atoms with van der Waals surface area (Å²) in [5, 5.41) is 10.5. The fraction of sp³-hybridized carbons (Fsp3) is 0.169. The quantitative estimate of drug-likeness (QED) is 0.0946. The highest BCUT2D eigenvalue weighted by Crippen LogP contribution is 2.49. The van der Waals surface area contributed by atoms with E-state index in [4.69, 9.17) is 0 Å². The normalized spacial score (nSPS) is 12.9. The molecule has 0 radical (unpaired) electrons. The van der Waals surface area contributed by atoms with E-state index in [9.17, 15) is 0 Å². The van der Waals surface area contributed by atoms with Crippen molar-refractivity contribution < 1.29 is 0 Å². The van der Waals surface area contributed by atoms with Crippen LogP contribution in [0.2, 0.25) is 0 Å². The van der Waals surface area contributed by atoms with Crippen LogP contribution >= 0.6 is 0 Å². The lowest BCUT2D eigenvalue weighted by atomic mass is 9.73. The average Bonchev–Trinajstić information content (AvgIpc) is 1.34. The van der Waals surface area contributed by atoms with E-state index in [2.05, 4.69) is 318 Å². The van der Waals surface area contributed by atoms with Gasteiger partial charge in [0.05, 0.1) is 0 Å². The van der Waals surface area contributed by atoms with Gasteiger partial charge in [-0.3, -0.25) is 0 Å². The van der Waals surface area contributed by atoms with Crippen LogP contribution in [0.5, 0.6) is 0 Å². The largest absolute Gasteiger partial charge is 0.103 e. The fourth-order valence-corrected chi connectivity index (χ4v) is 13.4. The summed E-state index contributed by atoms with van der Waals surface area (Å²) in [5.74, 6) is 0.207. The Bertz CT molecular complexity index is 4770. The standard InChI is InChI=1S/C78H56.C4H10.C4H8.C3H8/c1-47-9-5-7-11-63(47)73-45-61(15-13-49(73)3)67-39-31-59-33-41-69-65(37-29-57-35-43-71(67)77(59)75(57)69)55-25-21-53(22-26-55)51-17-19-52(20-18-51)54-23-27-56(28-24-54)66-38-30-58-36-44-72-68(40-32-60-34-42-70(66)76(58)78(60)72)62-16-14-50(4)74(46-62)64-12-8-6-10-48(64)2;2*1-3-4-2;1-3-2/h5-35,37-46,68H,36H2,1-4H3;3-4H2,1-2H3;3H,1,4H2,2H3;3H2,1-2H3. The van der Waals surface area contributed by atoms with Crippen molar-refractivity contribution in [2.75, 3.05) is 0 Å². The Balaban J connectivity index is 0.000000651. The lowest BCUT2D eigenvalue weighted by Gasteiger charge is -2.30. The zero-order chi connectivity index (χ0) is 61.7. The Morgan fingerprint density at radius 3 is 1.28 bits per heavy atom. The van der Waals surface area contributed by atoms with Crippen LogP contribution in [-0.4, -0.2) is 0 Å². The van der Waals surface area contributed by atoms with Crippen LogP contribution in [0.3, 0.4) is 0 Å². The van der Waals surface area contributed by atoms with Gasteiger partial charge in [-0.1, -0.05) is 297 Å². The number of aryl methyl sites for hydroxylation is 4. The number of unbranched alkanes of at least 4 members (excludes halogenated alkanes) is 1. The zero-order valence-corrected chi connectivity index (χ0v) is 53.6. The summed E-state index contributed by atoms with van der Waals surface area (Å²) in [4.78, 5) is 0. The van der Waals surface area contributed by atoms with E-state index >= 15 is 0 Å². The monoisotopic (exact) mass is 1150 g/mol. The summed E-state index contributed by atoms with van der Waals surface area (Å²) in [6.45, 7) is 23.0. The summed E-state index contributed by atoms with van der Waals surface area (Å²) >= 11 is 0. The summed E-state index contributed by atoms with van der Waals surface area (Å²) in [7, 11) is 0. The van der Waals surface area contributed by atoms with Gasteiger partial charge in [0.25, 0.3) is 0 Å². The summed E-state index contributed by atoms with van der Waals surface area (Å²) in [6, 6.07) is 86.9. The summed E-state index contributed by atoms with van der Waals surface area (Å²) < 4.78 is 0. The van der Waals surface area contributed by atoms with Crippen molar-refractivity contribution in [2.45, 2.75) is 100 Å². The molecule has 2 aliphatic carbocycles. The molecule has 15 rings (SSSR count). The molecule has 0 saturated carbocycles. The molecule has 2 aliphatic rings. The number of rotatable bonds is 10. The highest BCUT2D eigenvalue weighted by Gasteiger charge is 2.28. The first-order chi connectivity index (χ1) is 43.5. The molecule has 0 bridgehead atoms. The van der Waals surface area contributed by atoms with Crippen LogP contribution in [0, 0.1) is 27.7 Å². The van der Waals surface area contributed by atoms with Crippen LogP contribution < -0.4 is 0 Å². The molecule has 0 fully saturated rings. The molecule has 13 aromatic rings. The molecule has 0 N–H and O–H groups in total. The molecule has 1 atom stereocenters. The van der Waals surface area contributed by atoms with Gasteiger partial charge in [-0.15, -0.1) is 6.58 Å². The van der Waals surface area contributed by atoms with Gasteiger partial charge < -0.3 is 0 Å². The zero-order valence-electron chi connectivity index (χ0n) is 53.6. The van der Waals surface area contributed by atoms with E-state index in [-0.39, 0.29) is 5.92 Å². The van der Waals surface area contributed by atoms with Crippen molar-refractivity contribution in [3.63, 3.8) is 0 Å². The first kappa shape index (κ1) is 59.7. The molecule has 0 amide bonds. The molecular weight excluding hydrogens is 1070 g/mol. The van der Waals surface area contributed by atoms with Gasteiger partial charge in [-0.05, 0) is 224 Å². The van der Waals surface area contributed by atoms with Crippen molar-refractivity contribution in [3.8, 4) is 77.9 Å². The molecule has 1 unspecified atom stereocenters. The second kappa shape index (κ2) is 26.4. The second-order valence-corrected chi connectivity index (χ2v) is 24.4. The lowest BCUT2D eigenvalue weighted by molar-refractivity contribution is 0.886. The van der Waals surface area contributed by atoms with E-state index in [1.54, 1.807) is 0 Å². The van der Waals surface area contributed by atoms with E-state index in [1.807, 2.05) is 6.08 Å². The van der Waals surface area contributed by atoms with E-state index < -0.39 is 0 Å². The van der Waals surface area contributed by atoms with Gasteiger partial charge in [0.2, 0.25) is 0 Å². The Hall–Kier alpha value is -9.62. The average molecular weight is 1150 g/mol. The summed E-state index contributed by atoms with van der Waals surface area (Å²) in [5.41, 5.74) is 29.7. The molecule has 0 heteroatoms. The number of benzene rings is 13. The smallest absolute Gasteiger partial charge is 0.0276 e. The minimum Gasteiger partial charge on any atom is -0.103 e. The van der Waals surface area contributed by atoms with Crippen molar-refractivity contribution in [3.05, 3.63) is 300 Å². The molecule has 0 aliphatic heterocycles. The Morgan fingerprint density at radius 2 is 0.787 bits per heavy atom. The Labute approximate surface area is 529 Å². The van der Waals surface area contributed by atoms with Crippen LogP contribution in [0.1, 0.15) is 111 Å². The molecule has 0 aromatic heterocycles. The minimum atomic E-state index is 0.207. The van der Waals surface area contributed by atoms with E-state index in [1.165, 1.54) is 190 Å². The van der Waals surface area contributed by atoms with Crippen molar-refractivity contribution in [2.24, 2.45) is 0 Å². The predicted molar refractivity (Wildman–Crippen MR) is 392 cm³/mol. The van der Waals surface area contributed by atoms with E-state index in [0.717, 1.165) is 12.8 Å². The maximum atomic E-state index is 3.48. The first-order valence-electron chi connectivity index (χ1n) is 32.5. The highest BCUT2D eigenvalue weighted by atomic mass is 14.3. The second-order valence-electron chi connectivity index (χ2n) is 24.4. The molecule has 0 saturated heterocycles. The summed E-state index contributed by atoms with van der Waals surface area (Å²) in [6.07, 6.45) is 15.1. The van der Waals surface area contributed by atoms with E-state index in [0.29, 0.717) is 0 Å². The van der Waals surface area contributed by atoms with Crippen molar-refractivity contribution in [1.29, 1.82) is 0 Å². The maximum Gasteiger partial charge on any atom is 0.0276 e. The molecular formula is C89H82. The lowest BCUT2D eigenvalue weighted by Crippen LogP contribution is -2.10. The van der Waals surface area contributed by atoms with Crippen LogP contribution in [0.15, 0.2) is 255 Å². The highest BCUT2D eigenvalue weighted by molar-refractivity contribution is 6.27. The molecule has 0 heterocycles. The van der Waals surface area contributed by atoms with Gasteiger partial charge in [-0.2, -0.15) is 0 Å². The molecule has 0 spiro atoms. The van der Waals surface area contributed by atoms with Gasteiger partial charge in [0, 0.05) is 5.92 Å².